The Morgan fingerprint density at radius 2 is 2.08 bits per heavy atom. The lowest BCUT2D eigenvalue weighted by atomic mass is 10.2. The van der Waals surface area contributed by atoms with E-state index < -0.39 is 10.0 Å². The Balaban J connectivity index is 3.44. The molecule has 70 valence electrons. The van der Waals surface area contributed by atoms with Gasteiger partial charge in [0.2, 0.25) is 10.0 Å². The zero-order chi connectivity index (χ0) is 10.1. The molecule has 1 rings (SSSR count). The number of sulfonamides is 1. The van der Waals surface area contributed by atoms with Crippen molar-refractivity contribution in [2.24, 2.45) is 5.14 Å². The summed E-state index contributed by atoms with van der Waals surface area (Å²) in [5, 5.41) is 11.9. The molecule has 0 aromatic heterocycles. The molecule has 0 spiro atoms. The maximum atomic E-state index is 11.0. The Morgan fingerprint density at radius 3 is 2.54 bits per heavy atom. The molecule has 0 saturated carbocycles. The molecule has 0 saturated heterocycles. The number of hydrogen-bond acceptors (Lipinski definition) is 3. The molecular weight excluding hydrogens is 188 g/mol. The normalized spacial score (nSPS) is 11.2. The Hall–Kier alpha value is -1.20. The van der Waals surface area contributed by atoms with Crippen molar-refractivity contribution in [1.29, 1.82) is 5.41 Å². The summed E-state index contributed by atoms with van der Waals surface area (Å²) in [5.74, 6) is 0. The maximum absolute atomic E-state index is 11.0. The average Bonchev–Trinajstić information content (AvgIpc) is 2.03. The van der Waals surface area contributed by atoms with E-state index in [0.29, 0.717) is 11.1 Å². The summed E-state index contributed by atoms with van der Waals surface area (Å²) in [6.45, 7) is 1.66. The number of benzene rings is 1. The van der Waals surface area contributed by atoms with E-state index in [-0.39, 0.29) is 4.90 Å². The van der Waals surface area contributed by atoms with Gasteiger partial charge in [0, 0.05) is 6.21 Å². The minimum absolute atomic E-state index is 0.0773. The lowest BCUT2D eigenvalue weighted by Crippen LogP contribution is -2.13. The molecule has 3 N–H and O–H groups in total. The van der Waals surface area contributed by atoms with Gasteiger partial charge in [-0.2, -0.15) is 0 Å². The van der Waals surface area contributed by atoms with Gasteiger partial charge in [0.25, 0.3) is 0 Å². The summed E-state index contributed by atoms with van der Waals surface area (Å²) < 4.78 is 22.0. The van der Waals surface area contributed by atoms with Crippen LogP contribution in [0.1, 0.15) is 11.1 Å². The molecule has 0 bridgehead atoms. The molecule has 0 fully saturated rings. The average molecular weight is 198 g/mol. The smallest absolute Gasteiger partial charge is 0.238 e. The van der Waals surface area contributed by atoms with Gasteiger partial charge in [0.1, 0.15) is 0 Å². The van der Waals surface area contributed by atoms with Crippen molar-refractivity contribution in [2.75, 3.05) is 0 Å². The highest BCUT2D eigenvalue weighted by molar-refractivity contribution is 7.89. The SMILES string of the molecule is Cc1ccc(C=N)cc1S(N)(=O)=O. The fourth-order valence-corrected chi connectivity index (χ4v) is 1.83. The zero-order valence-electron chi connectivity index (χ0n) is 7.11. The minimum atomic E-state index is -3.67. The lowest BCUT2D eigenvalue weighted by molar-refractivity contribution is 0.597. The van der Waals surface area contributed by atoms with Crippen LogP contribution in [0.5, 0.6) is 0 Å². The first kappa shape index (κ1) is 9.88. The van der Waals surface area contributed by atoms with Crippen LogP contribution in [0.4, 0.5) is 0 Å². The Kier molecular flexibility index (Phi) is 2.49. The number of nitrogens with one attached hydrogen (secondary N) is 1. The molecule has 0 heterocycles. The van der Waals surface area contributed by atoms with Crippen molar-refractivity contribution in [3.63, 3.8) is 0 Å². The van der Waals surface area contributed by atoms with Gasteiger partial charge >= 0.3 is 0 Å². The summed E-state index contributed by atoms with van der Waals surface area (Å²) in [7, 11) is -3.67. The number of hydrogen-bond donors (Lipinski definition) is 2. The van der Waals surface area contributed by atoms with Gasteiger partial charge in [-0.1, -0.05) is 12.1 Å². The molecule has 1 aromatic rings. The number of nitrogens with two attached hydrogens (primary N) is 1. The number of primary sulfonamides is 1. The van der Waals surface area contributed by atoms with Crippen LogP contribution in [0, 0.1) is 12.3 Å². The van der Waals surface area contributed by atoms with Crippen LogP contribution in [0.25, 0.3) is 0 Å². The minimum Gasteiger partial charge on any atom is -0.308 e. The largest absolute Gasteiger partial charge is 0.308 e. The van der Waals surface area contributed by atoms with Gasteiger partial charge in [-0.3, -0.25) is 0 Å². The van der Waals surface area contributed by atoms with Crippen molar-refractivity contribution >= 4 is 16.2 Å². The predicted octanol–water partition coefficient (Wildman–Crippen LogP) is 0.640. The van der Waals surface area contributed by atoms with Gasteiger partial charge in [0.05, 0.1) is 4.90 Å². The molecule has 5 heteroatoms. The molecule has 4 nitrogen and oxygen atoms in total. The molecular formula is C8H10N2O2S. The second-order valence-corrected chi connectivity index (χ2v) is 4.24. The topological polar surface area (TPSA) is 84.0 Å². The van der Waals surface area contributed by atoms with E-state index >= 15 is 0 Å². The Bertz CT molecular complexity index is 437. The first-order valence-corrected chi connectivity index (χ1v) is 5.13. The Morgan fingerprint density at radius 1 is 1.46 bits per heavy atom. The van der Waals surface area contributed by atoms with Crippen molar-refractivity contribution in [2.45, 2.75) is 11.8 Å². The monoisotopic (exact) mass is 198 g/mol. The second kappa shape index (κ2) is 3.27. The van der Waals surface area contributed by atoms with Crippen LogP contribution < -0.4 is 5.14 Å². The summed E-state index contributed by atoms with van der Waals surface area (Å²) in [6.07, 6.45) is 1.08. The van der Waals surface area contributed by atoms with Crippen LogP contribution in [-0.4, -0.2) is 14.6 Å². The summed E-state index contributed by atoms with van der Waals surface area (Å²) in [4.78, 5) is 0.0773. The van der Waals surface area contributed by atoms with Crippen LogP contribution in [0.3, 0.4) is 0 Å². The molecule has 0 unspecified atom stereocenters. The van der Waals surface area contributed by atoms with Gasteiger partial charge in [-0.25, -0.2) is 13.6 Å². The van der Waals surface area contributed by atoms with E-state index in [4.69, 9.17) is 10.5 Å². The van der Waals surface area contributed by atoms with E-state index in [1.807, 2.05) is 0 Å². The maximum Gasteiger partial charge on any atom is 0.238 e. The molecule has 0 radical (unpaired) electrons. The zero-order valence-corrected chi connectivity index (χ0v) is 7.93. The Labute approximate surface area is 76.9 Å². The van der Waals surface area contributed by atoms with Crippen LogP contribution in [0.15, 0.2) is 23.1 Å². The van der Waals surface area contributed by atoms with E-state index in [9.17, 15) is 8.42 Å². The van der Waals surface area contributed by atoms with Crippen LogP contribution in [0.2, 0.25) is 0 Å². The quantitative estimate of drug-likeness (QED) is 0.683. The first-order chi connectivity index (χ1) is 5.95. The van der Waals surface area contributed by atoms with Crippen molar-refractivity contribution in [1.82, 2.24) is 0 Å². The van der Waals surface area contributed by atoms with Crippen molar-refractivity contribution in [3.8, 4) is 0 Å². The molecule has 0 aliphatic heterocycles. The molecule has 1 aromatic carbocycles. The summed E-state index contributed by atoms with van der Waals surface area (Å²) in [6, 6.07) is 4.68. The number of rotatable bonds is 2. The predicted molar refractivity (Wildman–Crippen MR) is 50.4 cm³/mol. The highest BCUT2D eigenvalue weighted by Gasteiger charge is 2.10. The van der Waals surface area contributed by atoms with Gasteiger partial charge < -0.3 is 5.41 Å². The first-order valence-electron chi connectivity index (χ1n) is 3.59. The van der Waals surface area contributed by atoms with Gasteiger partial charge in [0.15, 0.2) is 0 Å². The van der Waals surface area contributed by atoms with E-state index in [2.05, 4.69) is 0 Å². The molecule has 0 atom stereocenters. The van der Waals surface area contributed by atoms with Gasteiger partial charge in [-0.05, 0) is 24.1 Å². The van der Waals surface area contributed by atoms with Crippen molar-refractivity contribution < 1.29 is 8.42 Å². The lowest BCUT2D eigenvalue weighted by Gasteiger charge is -2.03. The van der Waals surface area contributed by atoms with Crippen LogP contribution >= 0.6 is 0 Å². The molecule has 13 heavy (non-hydrogen) atoms. The van der Waals surface area contributed by atoms with Crippen LogP contribution in [-0.2, 0) is 10.0 Å². The number of aryl methyl sites for hydroxylation is 1. The summed E-state index contributed by atoms with van der Waals surface area (Å²) in [5.41, 5.74) is 1.11. The highest BCUT2D eigenvalue weighted by atomic mass is 32.2. The fourth-order valence-electron chi connectivity index (χ4n) is 1.01. The van der Waals surface area contributed by atoms with Crippen molar-refractivity contribution in [3.05, 3.63) is 29.3 Å². The highest BCUT2D eigenvalue weighted by Crippen LogP contribution is 2.14. The molecule has 0 aliphatic rings. The third-order valence-corrected chi connectivity index (χ3v) is 2.74. The summed E-state index contributed by atoms with van der Waals surface area (Å²) >= 11 is 0. The molecule has 0 aliphatic carbocycles. The standard InChI is InChI=1S/C8H10N2O2S/c1-6-2-3-7(5-9)4-8(6)13(10,11)12/h2-5,9H,1H3,(H2,10,11,12). The third kappa shape index (κ3) is 2.13. The second-order valence-electron chi connectivity index (χ2n) is 2.71. The van der Waals surface area contributed by atoms with Gasteiger partial charge in [-0.15, -0.1) is 0 Å². The third-order valence-electron chi connectivity index (χ3n) is 1.69. The van der Waals surface area contributed by atoms with E-state index in [1.165, 1.54) is 6.07 Å². The molecule has 0 amide bonds. The van der Waals surface area contributed by atoms with E-state index in [0.717, 1.165) is 6.21 Å². The fraction of sp³-hybridized carbons (Fsp3) is 0.125. The van der Waals surface area contributed by atoms with E-state index in [1.54, 1.807) is 19.1 Å².